The van der Waals surface area contributed by atoms with Crippen LogP contribution in [0, 0.1) is 13.8 Å². The van der Waals surface area contributed by atoms with Crippen LogP contribution in [0.5, 0.6) is 5.75 Å². The van der Waals surface area contributed by atoms with Crippen molar-refractivity contribution in [2.24, 2.45) is 0 Å². The minimum Gasteiger partial charge on any atom is -0.489 e. The first-order chi connectivity index (χ1) is 12.7. The summed E-state index contributed by atoms with van der Waals surface area (Å²) in [4.78, 5) is 0. The maximum Gasteiger partial charge on any atom is 0.124 e. The maximum atomic E-state index is 6.43. The molecule has 2 unspecified atom stereocenters. The van der Waals surface area contributed by atoms with Gasteiger partial charge in [-0.2, -0.15) is 0 Å². The molecule has 0 radical (unpaired) electrons. The van der Waals surface area contributed by atoms with Gasteiger partial charge < -0.3 is 4.74 Å². The first kappa shape index (κ1) is 16.9. The van der Waals surface area contributed by atoms with Crippen LogP contribution in [0.25, 0.3) is 11.1 Å². The smallest absolute Gasteiger partial charge is 0.124 e. The highest BCUT2D eigenvalue weighted by Crippen LogP contribution is 2.48. The summed E-state index contributed by atoms with van der Waals surface area (Å²) >= 11 is 0. The van der Waals surface area contributed by atoms with E-state index in [0.29, 0.717) is 5.92 Å². The average Bonchev–Trinajstić information content (AvgIpc) is 3.02. The van der Waals surface area contributed by atoms with Crippen LogP contribution in [0.15, 0.2) is 66.7 Å². The van der Waals surface area contributed by atoms with E-state index in [1.54, 1.807) is 0 Å². The lowest BCUT2D eigenvalue weighted by molar-refractivity contribution is 0.205. The topological polar surface area (TPSA) is 9.23 Å². The monoisotopic (exact) mass is 342 g/mol. The van der Waals surface area contributed by atoms with Crippen LogP contribution in [-0.2, 0) is 0 Å². The average molecular weight is 342 g/mol. The predicted molar refractivity (Wildman–Crippen MR) is 109 cm³/mol. The Morgan fingerprint density at radius 1 is 0.808 bits per heavy atom. The molecule has 0 amide bonds. The van der Waals surface area contributed by atoms with Gasteiger partial charge in [0.1, 0.15) is 11.9 Å². The Labute approximate surface area is 156 Å². The minimum atomic E-state index is 0.212. The van der Waals surface area contributed by atoms with E-state index >= 15 is 0 Å². The highest BCUT2D eigenvalue weighted by atomic mass is 16.5. The van der Waals surface area contributed by atoms with Crippen LogP contribution < -0.4 is 4.74 Å². The Hall–Kier alpha value is -2.54. The second kappa shape index (κ2) is 6.99. The molecule has 132 valence electrons. The summed E-state index contributed by atoms with van der Waals surface area (Å²) in [7, 11) is 0. The van der Waals surface area contributed by atoms with Gasteiger partial charge in [0.2, 0.25) is 0 Å². The summed E-state index contributed by atoms with van der Waals surface area (Å²) in [5.74, 6) is 1.34. The predicted octanol–water partition coefficient (Wildman–Crippen LogP) is 6.66. The fourth-order valence-corrected chi connectivity index (χ4v) is 4.03. The largest absolute Gasteiger partial charge is 0.489 e. The molecule has 26 heavy (non-hydrogen) atoms. The molecule has 1 aliphatic rings. The van der Waals surface area contributed by atoms with Crippen molar-refractivity contribution in [3.05, 3.63) is 89.0 Å². The zero-order valence-corrected chi connectivity index (χ0v) is 15.8. The first-order valence-corrected chi connectivity index (χ1v) is 9.60. The number of benzene rings is 3. The van der Waals surface area contributed by atoms with Crippen LogP contribution >= 0.6 is 0 Å². The summed E-state index contributed by atoms with van der Waals surface area (Å²) in [5, 5.41) is 0. The number of aryl methyl sites for hydroxylation is 2. The zero-order valence-electron chi connectivity index (χ0n) is 15.8. The van der Waals surface area contributed by atoms with E-state index in [0.717, 1.165) is 18.6 Å². The van der Waals surface area contributed by atoms with Gasteiger partial charge in [-0.15, -0.1) is 0 Å². The normalized spacial score (nSPS) is 18.4. The third kappa shape index (κ3) is 3.03. The van der Waals surface area contributed by atoms with Gasteiger partial charge in [0.25, 0.3) is 0 Å². The van der Waals surface area contributed by atoms with Crippen LogP contribution in [0.4, 0.5) is 0 Å². The van der Waals surface area contributed by atoms with E-state index in [9.17, 15) is 0 Å². The van der Waals surface area contributed by atoms with Gasteiger partial charge in [0.05, 0.1) is 5.92 Å². The summed E-state index contributed by atoms with van der Waals surface area (Å²) in [5.41, 5.74) is 7.85. The van der Waals surface area contributed by atoms with E-state index in [1.165, 1.54) is 33.4 Å². The van der Waals surface area contributed by atoms with Crippen molar-refractivity contribution in [3.63, 3.8) is 0 Å². The lowest BCUT2D eigenvalue weighted by atomic mass is 9.82. The van der Waals surface area contributed by atoms with E-state index in [-0.39, 0.29) is 6.10 Å². The molecule has 0 spiro atoms. The molecule has 0 saturated carbocycles. The van der Waals surface area contributed by atoms with Gasteiger partial charge >= 0.3 is 0 Å². The van der Waals surface area contributed by atoms with Crippen molar-refractivity contribution in [2.45, 2.75) is 45.6 Å². The molecular formula is C25H26O. The zero-order chi connectivity index (χ0) is 18.1. The summed E-state index contributed by atoms with van der Waals surface area (Å²) < 4.78 is 6.43. The molecule has 1 nitrogen and oxygen atoms in total. The van der Waals surface area contributed by atoms with Gasteiger partial charge in [-0.05, 0) is 43.0 Å². The Morgan fingerprint density at radius 3 is 2.12 bits per heavy atom. The fraction of sp³-hybridized carbons (Fsp3) is 0.280. The molecule has 0 aliphatic carbocycles. The second-order valence-electron chi connectivity index (χ2n) is 7.42. The lowest BCUT2D eigenvalue weighted by Crippen LogP contribution is -2.19. The highest BCUT2D eigenvalue weighted by molar-refractivity contribution is 5.73. The first-order valence-electron chi connectivity index (χ1n) is 9.60. The lowest BCUT2D eigenvalue weighted by Gasteiger charge is -2.20. The Morgan fingerprint density at radius 2 is 1.46 bits per heavy atom. The summed E-state index contributed by atoms with van der Waals surface area (Å²) in [6, 6.07) is 24.3. The maximum absolute atomic E-state index is 6.43. The van der Waals surface area contributed by atoms with Gasteiger partial charge in [-0.25, -0.2) is 0 Å². The summed E-state index contributed by atoms with van der Waals surface area (Å²) in [6.45, 7) is 6.51. The number of rotatable bonds is 4. The molecule has 3 aromatic rings. The van der Waals surface area contributed by atoms with E-state index in [1.807, 2.05) is 0 Å². The molecule has 3 aromatic carbocycles. The molecule has 1 heterocycles. The number of fused-ring (bicyclic) bond motifs is 1. The van der Waals surface area contributed by atoms with Gasteiger partial charge in [-0.3, -0.25) is 0 Å². The fourth-order valence-electron chi connectivity index (χ4n) is 4.03. The molecule has 2 atom stereocenters. The standard InChI is InChI=1S/C25H26O/c1-4-6-22-24(20-15-11-18(3)12-16-20)25-21(7-5-8-23(25)26-22)19-13-9-17(2)10-14-19/h5,7-16,22,24H,4,6H2,1-3H3. The van der Waals surface area contributed by atoms with Crippen molar-refractivity contribution in [2.75, 3.05) is 0 Å². The molecular weight excluding hydrogens is 316 g/mol. The van der Waals surface area contributed by atoms with Crippen molar-refractivity contribution in [1.29, 1.82) is 0 Å². The number of ether oxygens (including phenoxy) is 1. The van der Waals surface area contributed by atoms with Crippen LogP contribution in [0.2, 0.25) is 0 Å². The molecule has 0 saturated heterocycles. The summed E-state index contributed by atoms with van der Waals surface area (Å²) in [6.07, 6.45) is 2.41. The molecule has 0 aromatic heterocycles. The number of hydrogen-bond acceptors (Lipinski definition) is 1. The molecule has 0 fully saturated rings. The van der Waals surface area contributed by atoms with Crippen LogP contribution in [0.3, 0.4) is 0 Å². The highest BCUT2D eigenvalue weighted by Gasteiger charge is 2.36. The molecule has 1 aliphatic heterocycles. The van der Waals surface area contributed by atoms with Gasteiger partial charge in [0.15, 0.2) is 0 Å². The van der Waals surface area contributed by atoms with Crippen molar-refractivity contribution in [3.8, 4) is 16.9 Å². The van der Waals surface area contributed by atoms with Crippen LogP contribution in [0.1, 0.15) is 47.9 Å². The third-order valence-electron chi connectivity index (χ3n) is 5.40. The molecule has 0 N–H and O–H groups in total. The van der Waals surface area contributed by atoms with E-state index in [4.69, 9.17) is 4.74 Å². The SMILES string of the molecule is CCCC1Oc2cccc(-c3ccc(C)cc3)c2C1c1ccc(C)cc1. The minimum absolute atomic E-state index is 0.212. The van der Waals surface area contributed by atoms with Crippen molar-refractivity contribution in [1.82, 2.24) is 0 Å². The Kier molecular flexibility index (Phi) is 4.55. The third-order valence-corrected chi connectivity index (χ3v) is 5.40. The van der Waals surface area contributed by atoms with Crippen molar-refractivity contribution < 1.29 is 4.74 Å². The van der Waals surface area contributed by atoms with Gasteiger partial charge in [0, 0.05) is 5.56 Å². The molecule has 0 bridgehead atoms. The second-order valence-corrected chi connectivity index (χ2v) is 7.42. The van der Waals surface area contributed by atoms with Crippen LogP contribution in [-0.4, -0.2) is 6.10 Å². The van der Waals surface area contributed by atoms with E-state index in [2.05, 4.69) is 87.5 Å². The molecule has 4 rings (SSSR count). The van der Waals surface area contributed by atoms with Gasteiger partial charge in [-0.1, -0.05) is 85.1 Å². The molecule has 1 heteroatoms. The Bertz CT molecular complexity index is 890. The quantitative estimate of drug-likeness (QED) is 0.515. The van der Waals surface area contributed by atoms with Crippen molar-refractivity contribution >= 4 is 0 Å². The van der Waals surface area contributed by atoms with E-state index < -0.39 is 0 Å². The Balaban J connectivity index is 1.86. The number of hydrogen-bond donors (Lipinski definition) is 0.